The van der Waals surface area contributed by atoms with Gasteiger partial charge in [0.1, 0.15) is 5.78 Å². The molecule has 0 aromatic rings. The Hall–Kier alpha value is -0.850. The Morgan fingerprint density at radius 2 is 1.17 bits per heavy atom. The van der Waals surface area contributed by atoms with E-state index in [0.29, 0.717) is 41.3 Å². The molecule has 1 heteroatoms. The summed E-state index contributed by atoms with van der Waals surface area (Å²) in [4.78, 5) is 13.3. The Kier molecular flexibility index (Phi) is 6.15. The van der Waals surface area contributed by atoms with Crippen molar-refractivity contribution in [2.75, 3.05) is 0 Å². The Labute approximate surface area is 150 Å². The number of rotatable bonds is 4. The number of hydrogen-bond donors (Lipinski definition) is 0. The van der Waals surface area contributed by atoms with E-state index in [1.165, 1.54) is 11.1 Å². The van der Waals surface area contributed by atoms with Crippen LogP contribution in [0.1, 0.15) is 68.2 Å². The molecule has 0 heterocycles. The third kappa shape index (κ3) is 3.86. The number of ketones is 1. The summed E-state index contributed by atoms with van der Waals surface area (Å²) < 4.78 is 0. The fraction of sp³-hybridized carbons (Fsp3) is 0.783. The lowest BCUT2D eigenvalue weighted by molar-refractivity contribution is -0.130. The lowest BCUT2D eigenvalue weighted by atomic mass is 9.64. The molecule has 0 saturated carbocycles. The second-order valence-electron chi connectivity index (χ2n) is 9.18. The highest BCUT2D eigenvalue weighted by atomic mass is 16.1. The summed E-state index contributed by atoms with van der Waals surface area (Å²) in [6.07, 6.45) is 7.00. The number of carbonyl (C=O) groups is 1. The molecule has 0 amide bonds. The number of carbonyl (C=O) groups excluding carboxylic acids is 1. The molecular formula is C23H38O. The molecule has 0 aliphatic heterocycles. The monoisotopic (exact) mass is 330 g/mol. The Bertz CT molecular complexity index is 480. The highest BCUT2D eigenvalue weighted by Crippen LogP contribution is 2.42. The predicted molar refractivity (Wildman–Crippen MR) is 104 cm³/mol. The van der Waals surface area contributed by atoms with Gasteiger partial charge in [0.05, 0.1) is 0 Å². The molecule has 0 aromatic heterocycles. The largest absolute Gasteiger partial charge is 0.299 e. The van der Waals surface area contributed by atoms with Crippen LogP contribution in [-0.2, 0) is 4.79 Å². The standard InChI is InChI=1S/C23H38O/c1-13-9-15(3)17(5)21(11-13)19(7)23(24)20(8)22-12-14(2)10-16(4)18(22)6/h9-10,15-22H,11-12H2,1-8H3. The topological polar surface area (TPSA) is 17.1 Å². The summed E-state index contributed by atoms with van der Waals surface area (Å²) in [6.45, 7) is 18.1. The van der Waals surface area contributed by atoms with E-state index in [4.69, 9.17) is 0 Å². The third-order valence-electron chi connectivity index (χ3n) is 7.40. The molecule has 24 heavy (non-hydrogen) atoms. The predicted octanol–water partition coefficient (Wildman–Crippen LogP) is 6.30. The first-order chi connectivity index (χ1) is 11.1. The van der Waals surface area contributed by atoms with Crippen LogP contribution in [0.3, 0.4) is 0 Å². The number of Topliss-reactive ketones (excluding diaryl/α,β-unsaturated/α-hetero) is 1. The van der Waals surface area contributed by atoms with E-state index in [-0.39, 0.29) is 11.8 Å². The third-order valence-corrected chi connectivity index (χ3v) is 7.40. The average Bonchev–Trinajstić information content (AvgIpc) is 2.52. The summed E-state index contributed by atoms with van der Waals surface area (Å²) in [5.41, 5.74) is 2.94. The van der Waals surface area contributed by atoms with Crippen LogP contribution in [0.4, 0.5) is 0 Å². The second kappa shape index (κ2) is 7.58. The molecule has 2 rings (SSSR count). The van der Waals surface area contributed by atoms with Crippen LogP contribution in [0.2, 0.25) is 0 Å². The van der Waals surface area contributed by atoms with Crippen LogP contribution in [-0.4, -0.2) is 5.78 Å². The fourth-order valence-corrected chi connectivity index (χ4v) is 5.33. The van der Waals surface area contributed by atoms with Crippen molar-refractivity contribution < 1.29 is 4.79 Å². The van der Waals surface area contributed by atoms with Crippen molar-refractivity contribution in [2.24, 2.45) is 47.3 Å². The van der Waals surface area contributed by atoms with Gasteiger partial charge in [0.2, 0.25) is 0 Å². The Morgan fingerprint density at radius 3 is 1.50 bits per heavy atom. The molecule has 0 N–H and O–H groups in total. The molecule has 0 spiro atoms. The van der Waals surface area contributed by atoms with Gasteiger partial charge in [-0.3, -0.25) is 4.79 Å². The van der Waals surface area contributed by atoms with Gasteiger partial charge in [-0.1, -0.05) is 64.8 Å². The molecule has 0 bridgehead atoms. The molecule has 0 saturated heterocycles. The molecule has 0 aromatic carbocycles. The summed E-state index contributed by atoms with van der Waals surface area (Å²) in [5, 5.41) is 0. The first kappa shape index (κ1) is 19.5. The minimum absolute atomic E-state index is 0.176. The molecule has 0 radical (unpaired) electrons. The molecule has 8 atom stereocenters. The Balaban J connectivity index is 2.13. The van der Waals surface area contributed by atoms with Gasteiger partial charge in [0.25, 0.3) is 0 Å². The van der Waals surface area contributed by atoms with Gasteiger partial charge in [-0.25, -0.2) is 0 Å². The van der Waals surface area contributed by atoms with Crippen molar-refractivity contribution in [2.45, 2.75) is 68.2 Å². The van der Waals surface area contributed by atoms with Crippen molar-refractivity contribution in [3.05, 3.63) is 23.3 Å². The smallest absolute Gasteiger partial charge is 0.139 e. The van der Waals surface area contributed by atoms with Crippen molar-refractivity contribution in [1.82, 2.24) is 0 Å². The van der Waals surface area contributed by atoms with E-state index < -0.39 is 0 Å². The first-order valence-corrected chi connectivity index (χ1v) is 10.0. The average molecular weight is 331 g/mol. The highest BCUT2D eigenvalue weighted by Gasteiger charge is 2.39. The van der Waals surface area contributed by atoms with E-state index in [9.17, 15) is 4.79 Å². The van der Waals surface area contributed by atoms with Crippen LogP contribution >= 0.6 is 0 Å². The van der Waals surface area contributed by atoms with E-state index in [2.05, 4.69) is 67.5 Å². The SMILES string of the molecule is CC1=CC(C)C(C)C(C(C)C(=O)C(C)C2CC(C)=CC(C)C2C)C1. The Morgan fingerprint density at radius 1 is 0.833 bits per heavy atom. The van der Waals surface area contributed by atoms with E-state index in [1.807, 2.05) is 0 Å². The number of hydrogen-bond acceptors (Lipinski definition) is 1. The van der Waals surface area contributed by atoms with Crippen LogP contribution in [0.5, 0.6) is 0 Å². The van der Waals surface area contributed by atoms with Crippen LogP contribution in [0.15, 0.2) is 23.3 Å². The first-order valence-electron chi connectivity index (χ1n) is 10.0. The summed E-state index contributed by atoms with van der Waals surface area (Å²) in [7, 11) is 0. The molecular weight excluding hydrogens is 292 g/mol. The lowest BCUT2D eigenvalue weighted by Gasteiger charge is -2.40. The summed E-state index contributed by atoms with van der Waals surface area (Å²) >= 11 is 0. The molecule has 0 fully saturated rings. The van der Waals surface area contributed by atoms with Crippen molar-refractivity contribution in [3.63, 3.8) is 0 Å². The zero-order chi connectivity index (χ0) is 18.2. The van der Waals surface area contributed by atoms with Crippen molar-refractivity contribution in [3.8, 4) is 0 Å². The van der Waals surface area contributed by atoms with Gasteiger partial charge in [0, 0.05) is 11.8 Å². The quantitative estimate of drug-likeness (QED) is 0.552. The van der Waals surface area contributed by atoms with Crippen LogP contribution in [0.25, 0.3) is 0 Å². The minimum Gasteiger partial charge on any atom is -0.299 e. The molecule has 1 nitrogen and oxygen atoms in total. The second-order valence-corrected chi connectivity index (χ2v) is 9.18. The normalized spacial score (nSPS) is 39.7. The van der Waals surface area contributed by atoms with Crippen molar-refractivity contribution >= 4 is 5.78 Å². The molecule has 2 aliphatic carbocycles. The maximum atomic E-state index is 13.3. The van der Waals surface area contributed by atoms with Gasteiger partial charge in [0.15, 0.2) is 0 Å². The maximum Gasteiger partial charge on any atom is 0.139 e. The van der Waals surface area contributed by atoms with Gasteiger partial charge in [-0.05, 0) is 62.2 Å². The van der Waals surface area contributed by atoms with Gasteiger partial charge < -0.3 is 0 Å². The molecule has 8 unspecified atom stereocenters. The number of allylic oxidation sites excluding steroid dienone is 4. The zero-order valence-corrected chi connectivity index (χ0v) is 17.1. The van der Waals surface area contributed by atoms with E-state index in [0.717, 1.165) is 12.8 Å². The van der Waals surface area contributed by atoms with Gasteiger partial charge in [-0.15, -0.1) is 0 Å². The summed E-state index contributed by atoms with van der Waals surface area (Å²) in [5.74, 6) is 4.26. The van der Waals surface area contributed by atoms with E-state index in [1.54, 1.807) is 0 Å². The van der Waals surface area contributed by atoms with Crippen LogP contribution in [0, 0.1) is 47.3 Å². The minimum atomic E-state index is 0.176. The van der Waals surface area contributed by atoms with Gasteiger partial charge >= 0.3 is 0 Å². The van der Waals surface area contributed by atoms with Gasteiger partial charge in [-0.2, -0.15) is 0 Å². The maximum absolute atomic E-state index is 13.3. The zero-order valence-electron chi connectivity index (χ0n) is 17.1. The molecule has 136 valence electrons. The van der Waals surface area contributed by atoms with E-state index >= 15 is 0 Å². The fourth-order valence-electron chi connectivity index (χ4n) is 5.33. The highest BCUT2D eigenvalue weighted by molar-refractivity contribution is 5.83. The molecule has 2 aliphatic rings. The van der Waals surface area contributed by atoms with Crippen molar-refractivity contribution in [1.29, 1.82) is 0 Å². The summed E-state index contributed by atoms with van der Waals surface area (Å²) in [6, 6.07) is 0. The lowest BCUT2D eigenvalue weighted by Crippen LogP contribution is -2.39. The van der Waals surface area contributed by atoms with Crippen LogP contribution < -0.4 is 0 Å².